The van der Waals surface area contributed by atoms with Crippen LogP contribution in [-0.2, 0) is 0 Å². The van der Waals surface area contributed by atoms with Gasteiger partial charge in [0.2, 0.25) is 0 Å². The Labute approximate surface area is 200 Å². The van der Waals surface area contributed by atoms with Crippen molar-refractivity contribution in [2.24, 2.45) is 0 Å². The molecule has 0 spiro atoms. The molecule has 3 heteroatoms. The van der Waals surface area contributed by atoms with Crippen molar-refractivity contribution < 1.29 is 9.47 Å². The van der Waals surface area contributed by atoms with Crippen LogP contribution < -0.4 is 9.47 Å². The summed E-state index contributed by atoms with van der Waals surface area (Å²) in [4.78, 5) is 0. The van der Waals surface area contributed by atoms with E-state index < -0.39 is 0 Å². The Morgan fingerprint density at radius 2 is 1.21 bits per heavy atom. The van der Waals surface area contributed by atoms with Crippen molar-refractivity contribution in [2.75, 3.05) is 14.2 Å². The fraction of sp³-hybridized carbons (Fsp3) is 0.0667. The normalized spacial score (nSPS) is 11.5. The SMILES string of the molecule is COc1ccc2ccccc2c1-c1c(OC)c2ccc3ccc(Br)cc3c2c2ccccc12. The van der Waals surface area contributed by atoms with Crippen molar-refractivity contribution in [3.8, 4) is 22.6 Å². The molecule has 160 valence electrons. The lowest BCUT2D eigenvalue weighted by Crippen LogP contribution is -1.96. The zero-order valence-electron chi connectivity index (χ0n) is 18.4. The van der Waals surface area contributed by atoms with Gasteiger partial charge in [0.25, 0.3) is 0 Å². The molecule has 0 aliphatic heterocycles. The molecule has 0 aromatic heterocycles. The van der Waals surface area contributed by atoms with E-state index in [-0.39, 0.29) is 0 Å². The van der Waals surface area contributed by atoms with E-state index in [1.807, 2.05) is 6.07 Å². The Bertz CT molecular complexity index is 1700. The Kier molecular flexibility index (Phi) is 4.74. The van der Waals surface area contributed by atoms with Gasteiger partial charge in [-0.25, -0.2) is 0 Å². The minimum Gasteiger partial charge on any atom is -0.496 e. The molecule has 0 aliphatic carbocycles. The predicted molar refractivity (Wildman–Crippen MR) is 143 cm³/mol. The van der Waals surface area contributed by atoms with Gasteiger partial charge in [0.05, 0.1) is 14.2 Å². The first-order chi connectivity index (χ1) is 16.2. The first-order valence-electron chi connectivity index (χ1n) is 10.9. The molecular weight excluding hydrogens is 472 g/mol. The molecule has 0 saturated heterocycles. The molecule has 0 aliphatic rings. The fourth-order valence-corrected chi connectivity index (χ4v) is 5.45. The van der Waals surface area contributed by atoms with Gasteiger partial charge in [-0.2, -0.15) is 0 Å². The molecule has 6 aromatic rings. The number of hydrogen-bond donors (Lipinski definition) is 0. The monoisotopic (exact) mass is 492 g/mol. The van der Waals surface area contributed by atoms with Crippen LogP contribution in [0.1, 0.15) is 0 Å². The molecule has 0 bridgehead atoms. The second-order valence-electron chi connectivity index (χ2n) is 8.17. The Balaban J connectivity index is 1.90. The van der Waals surface area contributed by atoms with Crippen LogP contribution in [0, 0.1) is 0 Å². The molecule has 0 atom stereocenters. The molecule has 6 aromatic carbocycles. The highest BCUT2D eigenvalue weighted by atomic mass is 79.9. The second-order valence-corrected chi connectivity index (χ2v) is 9.09. The number of benzene rings is 6. The zero-order valence-corrected chi connectivity index (χ0v) is 19.9. The van der Waals surface area contributed by atoms with Gasteiger partial charge < -0.3 is 9.47 Å². The molecule has 2 nitrogen and oxygen atoms in total. The summed E-state index contributed by atoms with van der Waals surface area (Å²) >= 11 is 3.67. The minimum absolute atomic E-state index is 0.833. The van der Waals surface area contributed by atoms with Gasteiger partial charge in [-0.3, -0.25) is 0 Å². The second kappa shape index (κ2) is 7.79. The molecular formula is C30H21BrO2. The largest absolute Gasteiger partial charge is 0.496 e. The van der Waals surface area contributed by atoms with Crippen LogP contribution in [0.15, 0.2) is 95.5 Å². The van der Waals surface area contributed by atoms with Crippen molar-refractivity contribution in [1.29, 1.82) is 0 Å². The average molecular weight is 493 g/mol. The summed E-state index contributed by atoms with van der Waals surface area (Å²) in [7, 11) is 3.49. The van der Waals surface area contributed by atoms with E-state index in [2.05, 4.69) is 101 Å². The maximum atomic E-state index is 6.18. The first-order valence-corrected chi connectivity index (χ1v) is 11.7. The fourth-order valence-electron chi connectivity index (χ4n) is 5.09. The highest BCUT2D eigenvalue weighted by Crippen LogP contribution is 2.50. The van der Waals surface area contributed by atoms with E-state index in [0.29, 0.717) is 0 Å². The average Bonchev–Trinajstić information content (AvgIpc) is 2.86. The number of methoxy groups -OCH3 is 2. The molecule has 0 fully saturated rings. The number of hydrogen-bond acceptors (Lipinski definition) is 2. The molecule has 0 N–H and O–H groups in total. The van der Waals surface area contributed by atoms with E-state index in [1.54, 1.807) is 14.2 Å². The summed E-state index contributed by atoms with van der Waals surface area (Å²) in [5.41, 5.74) is 2.11. The number of rotatable bonds is 3. The topological polar surface area (TPSA) is 18.5 Å². The van der Waals surface area contributed by atoms with Crippen LogP contribution in [0.3, 0.4) is 0 Å². The summed E-state index contributed by atoms with van der Waals surface area (Å²) in [6.45, 7) is 0. The van der Waals surface area contributed by atoms with Crippen LogP contribution in [0.2, 0.25) is 0 Å². The van der Waals surface area contributed by atoms with Gasteiger partial charge in [-0.1, -0.05) is 82.7 Å². The number of halogens is 1. The maximum absolute atomic E-state index is 6.18. The zero-order chi connectivity index (χ0) is 22.5. The smallest absolute Gasteiger partial charge is 0.135 e. The van der Waals surface area contributed by atoms with E-state index in [9.17, 15) is 0 Å². The van der Waals surface area contributed by atoms with Crippen LogP contribution in [0.25, 0.3) is 54.2 Å². The van der Waals surface area contributed by atoms with E-state index >= 15 is 0 Å². The van der Waals surface area contributed by atoms with Crippen molar-refractivity contribution >= 4 is 59.0 Å². The molecule has 33 heavy (non-hydrogen) atoms. The highest BCUT2D eigenvalue weighted by molar-refractivity contribution is 9.10. The third kappa shape index (κ3) is 3.00. The van der Waals surface area contributed by atoms with Crippen molar-refractivity contribution in [3.05, 3.63) is 95.5 Å². The van der Waals surface area contributed by atoms with Crippen LogP contribution in [0.4, 0.5) is 0 Å². The lowest BCUT2D eigenvalue weighted by Gasteiger charge is -2.21. The van der Waals surface area contributed by atoms with Gasteiger partial charge in [0, 0.05) is 26.4 Å². The summed E-state index contributed by atoms with van der Waals surface area (Å²) in [5.74, 6) is 1.69. The van der Waals surface area contributed by atoms with E-state index in [1.165, 1.54) is 26.9 Å². The van der Waals surface area contributed by atoms with Crippen LogP contribution >= 0.6 is 15.9 Å². The number of ether oxygens (including phenoxy) is 2. The lowest BCUT2D eigenvalue weighted by molar-refractivity contribution is 0.413. The summed E-state index contributed by atoms with van der Waals surface area (Å²) in [5, 5.41) is 9.34. The van der Waals surface area contributed by atoms with Crippen LogP contribution in [0.5, 0.6) is 11.5 Å². The standard InChI is InChI=1S/C30H21BrO2/c1-32-26-16-13-18-7-3-4-8-21(18)28(26)29-23-10-6-5-9-22(23)27-24(30(29)33-2)15-12-19-11-14-20(31)17-25(19)27/h3-17H,1-2H3. The molecule has 0 radical (unpaired) electrons. The predicted octanol–water partition coefficient (Wildman–Crippen LogP) is 8.75. The van der Waals surface area contributed by atoms with Gasteiger partial charge >= 0.3 is 0 Å². The minimum atomic E-state index is 0.833. The third-order valence-electron chi connectivity index (χ3n) is 6.49. The Morgan fingerprint density at radius 1 is 0.545 bits per heavy atom. The Hall–Kier alpha value is -3.56. The Morgan fingerprint density at radius 3 is 2.00 bits per heavy atom. The van der Waals surface area contributed by atoms with Crippen molar-refractivity contribution in [1.82, 2.24) is 0 Å². The van der Waals surface area contributed by atoms with Gasteiger partial charge in [0.1, 0.15) is 11.5 Å². The van der Waals surface area contributed by atoms with Gasteiger partial charge in [-0.05, 0) is 56.6 Å². The van der Waals surface area contributed by atoms with Gasteiger partial charge in [-0.15, -0.1) is 0 Å². The van der Waals surface area contributed by atoms with E-state index in [4.69, 9.17) is 9.47 Å². The van der Waals surface area contributed by atoms with Crippen molar-refractivity contribution in [2.45, 2.75) is 0 Å². The maximum Gasteiger partial charge on any atom is 0.135 e. The first kappa shape index (κ1) is 20.1. The number of fused-ring (bicyclic) bond motifs is 6. The summed E-state index contributed by atoms with van der Waals surface area (Å²) in [6.07, 6.45) is 0. The third-order valence-corrected chi connectivity index (χ3v) is 6.98. The quantitative estimate of drug-likeness (QED) is 0.230. The van der Waals surface area contributed by atoms with Crippen molar-refractivity contribution in [3.63, 3.8) is 0 Å². The molecule has 0 unspecified atom stereocenters. The van der Waals surface area contributed by atoms with Crippen LogP contribution in [-0.4, -0.2) is 14.2 Å². The molecule has 6 rings (SSSR count). The highest BCUT2D eigenvalue weighted by Gasteiger charge is 2.22. The molecule has 0 saturated carbocycles. The summed E-state index contributed by atoms with van der Waals surface area (Å²) in [6, 6.07) is 32.0. The van der Waals surface area contributed by atoms with E-state index in [0.717, 1.165) is 43.3 Å². The molecule has 0 amide bonds. The van der Waals surface area contributed by atoms with Gasteiger partial charge in [0.15, 0.2) is 0 Å². The molecule has 0 heterocycles. The summed E-state index contributed by atoms with van der Waals surface area (Å²) < 4.78 is 13.1. The lowest BCUT2D eigenvalue weighted by atomic mass is 9.87.